The molecular formula is C18H30S4. The molecule has 1 aromatic carbocycles. The highest BCUT2D eigenvalue weighted by molar-refractivity contribution is 8.05. The van der Waals surface area contributed by atoms with Crippen molar-refractivity contribution >= 4 is 47.0 Å². The smallest absolute Gasteiger partial charge is 0.0358 e. The summed E-state index contributed by atoms with van der Waals surface area (Å²) in [7, 11) is 0. The SMILES string of the molecule is CC(C)Sc1ccc(SC(C)C)c(SC(C)C)c1SC(C)C. The Labute approximate surface area is 154 Å². The predicted molar refractivity (Wildman–Crippen MR) is 110 cm³/mol. The second-order valence-corrected chi connectivity index (χ2v) is 12.8. The van der Waals surface area contributed by atoms with Gasteiger partial charge >= 0.3 is 0 Å². The zero-order chi connectivity index (χ0) is 16.9. The summed E-state index contributed by atoms with van der Waals surface area (Å²) >= 11 is 8.03. The molecule has 1 rings (SSSR count). The molecule has 0 aliphatic carbocycles. The lowest BCUT2D eigenvalue weighted by Crippen LogP contribution is -1.99. The van der Waals surface area contributed by atoms with Crippen molar-refractivity contribution in [2.75, 3.05) is 0 Å². The molecule has 4 heteroatoms. The van der Waals surface area contributed by atoms with Crippen molar-refractivity contribution in [3.8, 4) is 0 Å². The zero-order valence-electron chi connectivity index (χ0n) is 15.1. The predicted octanol–water partition coefficient (Wildman–Crippen LogP) is 7.69. The highest BCUT2D eigenvalue weighted by Gasteiger charge is 2.19. The molecule has 0 heterocycles. The molecule has 0 saturated heterocycles. The third-order valence-corrected chi connectivity index (χ3v) is 7.25. The van der Waals surface area contributed by atoms with E-state index in [1.54, 1.807) is 0 Å². The van der Waals surface area contributed by atoms with Crippen LogP contribution in [0.15, 0.2) is 31.7 Å². The fourth-order valence-electron chi connectivity index (χ4n) is 1.91. The Balaban J connectivity index is 3.36. The van der Waals surface area contributed by atoms with Gasteiger partial charge in [-0.3, -0.25) is 0 Å². The van der Waals surface area contributed by atoms with Crippen LogP contribution in [0.25, 0.3) is 0 Å². The van der Waals surface area contributed by atoms with Gasteiger partial charge in [0.2, 0.25) is 0 Å². The Bertz CT molecular complexity index is 421. The van der Waals surface area contributed by atoms with E-state index in [1.165, 1.54) is 19.6 Å². The highest BCUT2D eigenvalue weighted by atomic mass is 32.2. The van der Waals surface area contributed by atoms with Gasteiger partial charge < -0.3 is 0 Å². The fraction of sp³-hybridized carbons (Fsp3) is 0.667. The Kier molecular flexibility index (Phi) is 9.21. The van der Waals surface area contributed by atoms with Crippen LogP contribution < -0.4 is 0 Å². The Hall–Kier alpha value is 0.620. The van der Waals surface area contributed by atoms with Gasteiger partial charge in [-0.2, -0.15) is 0 Å². The van der Waals surface area contributed by atoms with Crippen molar-refractivity contribution in [2.24, 2.45) is 0 Å². The van der Waals surface area contributed by atoms with Gasteiger partial charge in [0.1, 0.15) is 0 Å². The summed E-state index contributed by atoms with van der Waals surface area (Å²) in [4.78, 5) is 5.89. The van der Waals surface area contributed by atoms with E-state index < -0.39 is 0 Å². The second kappa shape index (κ2) is 9.80. The molecule has 1 aromatic rings. The number of hydrogen-bond acceptors (Lipinski definition) is 4. The van der Waals surface area contributed by atoms with E-state index in [0.29, 0.717) is 21.0 Å². The fourth-order valence-corrected chi connectivity index (χ4v) is 6.38. The van der Waals surface area contributed by atoms with E-state index in [-0.39, 0.29) is 0 Å². The normalized spacial score (nSPS) is 12.2. The summed E-state index contributed by atoms with van der Waals surface area (Å²) in [6.45, 7) is 18.3. The molecule has 0 aromatic heterocycles. The van der Waals surface area contributed by atoms with Crippen molar-refractivity contribution < 1.29 is 0 Å². The van der Waals surface area contributed by atoms with E-state index in [0.717, 1.165) is 0 Å². The van der Waals surface area contributed by atoms with Gasteiger partial charge in [0.05, 0.1) is 0 Å². The van der Waals surface area contributed by atoms with Gasteiger partial charge in [-0.05, 0) is 12.1 Å². The first-order valence-electron chi connectivity index (χ1n) is 8.04. The van der Waals surface area contributed by atoms with Crippen LogP contribution in [-0.4, -0.2) is 21.0 Å². The molecule has 0 N–H and O–H groups in total. The molecule has 0 aliphatic rings. The quantitative estimate of drug-likeness (QED) is 0.427. The first-order chi connectivity index (χ1) is 10.2. The summed E-state index contributed by atoms with van der Waals surface area (Å²) in [6, 6.07) is 4.68. The Morgan fingerprint density at radius 1 is 0.500 bits per heavy atom. The lowest BCUT2D eigenvalue weighted by atomic mass is 10.3. The zero-order valence-corrected chi connectivity index (χ0v) is 18.4. The molecule has 0 fully saturated rings. The van der Waals surface area contributed by atoms with Gasteiger partial charge in [0.15, 0.2) is 0 Å². The maximum absolute atomic E-state index is 2.34. The summed E-state index contributed by atoms with van der Waals surface area (Å²) in [5.74, 6) is 0. The van der Waals surface area contributed by atoms with Crippen LogP contribution in [0.2, 0.25) is 0 Å². The molecular weight excluding hydrogens is 344 g/mol. The van der Waals surface area contributed by atoms with Crippen LogP contribution in [-0.2, 0) is 0 Å². The van der Waals surface area contributed by atoms with Crippen LogP contribution in [0.5, 0.6) is 0 Å². The average Bonchev–Trinajstić information content (AvgIpc) is 2.34. The van der Waals surface area contributed by atoms with E-state index >= 15 is 0 Å². The van der Waals surface area contributed by atoms with E-state index in [2.05, 4.69) is 67.5 Å². The van der Waals surface area contributed by atoms with Gasteiger partial charge in [-0.25, -0.2) is 0 Å². The van der Waals surface area contributed by atoms with Crippen LogP contribution in [0.4, 0.5) is 0 Å². The van der Waals surface area contributed by atoms with Gasteiger partial charge in [0.25, 0.3) is 0 Å². The Morgan fingerprint density at radius 3 is 1.00 bits per heavy atom. The minimum absolute atomic E-state index is 0.609. The van der Waals surface area contributed by atoms with Crippen molar-refractivity contribution in [1.29, 1.82) is 0 Å². The van der Waals surface area contributed by atoms with Gasteiger partial charge in [-0.15, -0.1) is 47.0 Å². The monoisotopic (exact) mass is 374 g/mol. The number of thioether (sulfide) groups is 4. The summed E-state index contributed by atoms with van der Waals surface area (Å²) < 4.78 is 0. The number of benzene rings is 1. The lowest BCUT2D eigenvalue weighted by molar-refractivity contribution is 0.981. The first kappa shape index (κ1) is 20.7. The third-order valence-electron chi connectivity index (χ3n) is 2.47. The summed E-state index contributed by atoms with van der Waals surface area (Å²) in [5, 5.41) is 2.45. The molecule has 0 atom stereocenters. The number of hydrogen-bond donors (Lipinski definition) is 0. The second-order valence-electron chi connectivity index (χ2n) is 6.39. The third kappa shape index (κ3) is 7.02. The highest BCUT2D eigenvalue weighted by Crippen LogP contribution is 2.47. The van der Waals surface area contributed by atoms with Crippen LogP contribution in [0, 0.1) is 0 Å². The van der Waals surface area contributed by atoms with E-state index in [9.17, 15) is 0 Å². The van der Waals surface area contributed by atoms with Crippen molar-refractivity contribution in [3.05, 3.63) is 12.1 Å². The van der Waals surface area contributed by atoms with Crippen LogP contribution >= 0.6 is 47.0 Å². The maximum atomic E-state index is 2.34. The molecule has 126 valence electrons. The molecule has 0 aliphatic heterocycles. The molecule has 0 nitrogen and oxygen atoms in total. The minimum Gasteiger partial charge on any atom is -0.122 e. The molecule has 0 unspecified atom stereocenters. The average molecular weight is 375 g/mol. The lowest BCUT2D eigenvalue weighted by Gasteiger charge is -2.21. The molecule has 0 amide bonds. The van der Waals surface area contributed by atoms with Crippen molar-refractivity contribution in [2.45, 2.75) is 96.0 Å². The first-order valence-corrected chi connectivity index (χ1v) is 11.6. The molecule has 0 saturated carbocycles. The molecule has 0 bridgehead atoms. The maximum Gasteiger partial charge on any atom is 0.0358 e. The topological polar surface area (TPSA) is 0 Å². The van der Waals surface area contributed by atoms with Crippen LogP contribution in [0.3, 0.4) is 0 Å². The van der Waals surface area contributed by atoms with E-state index in [1.807, 2.05) is 47.0 Å². The van der Waals surface area contributed by atoms with Crippen molar-refractivity contribution in [1.82, 2.24) is 0 Å². The van der Waals surface area contributed by atoms with Crippen LogP contribution in [0.1, 0.15) is 55.4 Å². The minimum atomic E-state index is 0.609. The largest absolute Gasteiger partial charge is 0.122 e. The summed E-state index contributed by atoms with van der Waals surface area (Å²) in [5.41, 5.74) is 0. The number of rotatable bonds is 8. The van der Waals surface area contributed by atoms with Gasteiger partial charge in [0, 0.05) is 40.6 Å². The standard InChI is InChI=1S/C18H30S4/c1-11(2)19-15-9-10-16(20-12(3)4)18(22-14(7)8)17(15)21-13(5)6/h9-14H,1-8H3. The van der Waals surface area contributed by atoms with Crippen molar-refractivity contribution in [3.63, 3.8) is 0 Å². The Morgan fingerprint density at radius 2 is 0.773 bits per heavy atom. The van der Waals surface area contributed by atoms with E-state index in [4.69, 9.17) is 0 Å². The molecule has 0 spiro atoms. The van der Waals surface area contributed by atoms with Gasteiger partial charge in [-0.1, -0.05) is 55.4 Å². The molecule has 0 radical (unpaired) electrons. The molecule has 22 heavy (non-hydrogen) atoms. The summed E-state index contributed by atoms with van der Waals surface area (Å²) in [6.07, 6.45) is 0.